The van der Waals surface area contributed by atoms with Gasteiger partial charge in [-0.1, -0.05) is 0 Å². The maximum Gasteiger partial charge on any atom is 0.325 e. The van der Waals surface area contributed by atoms with E-state index in [0.29, 0.717) is 6.42 Å². The monoisotopic (exact) mass is 195 g/mol. The van der Waals surface area contributed by atoms with E-state index in [0.717, 1.165) is 13.0 Å². The van der Waals surface area contributed by atoms with Crippen LogP contribution in [0.3, 0.4) is 0 Å². The summed E-state index contributed by atoms with van der Waals surface area (Å²) in [4.78, 5) is 10.9. The molecule has 0 amide bonds. The molecule has 0 bridgehead atoms. The molecular weight excluding hydrogens is 182 g/mol. The van der Waals surface area contributed by atoms with Crippen molar-refractivity contribution >= 4 is 18.4 Å². The first-order chi connectivity index (χ1) is 5.25. The number of aliphatic hydroxyl groups excluding tert-OH is 1. The van der Waals surface area contributed by atoms with Crippen molar-refractivity contribution in [1.82, 2.24) is 5.32 Å². The number of halogens is 1. The van der Waals surface area contributed by atoms with Gasteiger partial charge in [0.1, 0.15) is 6.04 Å². The summed E-state index contributed by atoms with van der Waals surface area (Å²) in [7, 11) is 1.32. The normalized spacial score (nSPS) is 28.8. The Labute approximate surface area is 77.7 Å². The first kappa shape index (κ1) is 11.7. The lowest BCUT2D eigenvalue weighted by Crippen LogP contribution is -2.50. The Hall–Kier alpha value is -0.320. The second kappa shape index (κ2) is 5.35. The quantitative estimate of drug-likeness (QED) is 0.564. The van der Waals surface area contributed by atoms with E-state index < -0.39 is 12.1 Å². The van der Waals surface area contributed by atoms with E-state index in [1.54, 1.807) is 0 Å². The van der Waals surface area contributed by atoms with Gasteiger partial charge in [0.25, 0.3) is 0 Å². The third-order valence-corrected chi connectivity index (χ3v) is 1.88. The van der Waals surface area contributed by atoms with Crippen molar-refractivity contribution in [3.8, 4) is 0 Å². The summed E-state index contributed by atoms with van der Waals surface area (Å²) in [6.07, 6.45) is 0.998. The Bertz CT molecular complexity index is 154. The summed E-state index contributed by atoms with van der Waals surface area (Å²) < 4.78 is 4.50. The molecule has 0 aromatic heterocycles. The summed E-state index contributed by atoms with van der Waals surface area (Å²) in [5.41, 5.74) is 0. The van der Waals surface area contributed by atoms with Crippen LogP contribution in [0.4, 0.5) is 0 Å². The number of aliphatic hydroxyl groups is 1. The van der Waals surface area contributed by atoms with Crippen LogP contribution in [0.1, 0.15) is 12.8 Å². The molecule has 0 aromatic rings. The fourth-order valence-electron chi connectivity index (χ4n) is 1.24. The third-order valence-electron chi connectivity index (χ3n) is 1.88. The first-order valence-electron chi connectivity index (χ1n) is 3.75. The Kier molecular flexibility index (Phi) is 5.20. The number of hydrogen-bond donors (Lipinski definition) is 2. The predicted molar refractivity (Wildman–Crippen MR) is 46.3 cm³/mol. The van der Waals surface area contributed by atoms with Gasteiger partial charge in [-0.3, -0.25) is 4.79 Å². The second-order valence-corrected chi connectivity index (χ2v) is 2.66. The van der Waals surface area contributed by atoms with Crippen LogP contribution in [0.5, 0.6) is 0 Å². The van der Waals surface area contributed by atoms with E-state index in [4.69, 9.17) is 0 Å². The number of ether oxygens (including phenoxy) is 1. The standard InChI is InChI=1S/C7H13NO3.ClH/c1-11-7(10)6-5(9)3-2-4-8-6;/h5-6,8-9H,2-4H2,1H3;1H/t5-,6+;/m0./s1. The van der Waals surface area contributed by atoms with E-state index in [2.05, 4.69) is 10.1 Å². The van der Waals surface area contributed by atoms with E-state index in [-0.39, 0.29) is 18.4 Å². The van der Waals surface area contributed by atoms with E-state index in [1.807, 2.05) is 0 Å². The lowest BCUT2D eigenvalue weighted by Gasteiger charge is -2.26. The molecule has 12 heavy (non-hydrogen) atoms. The average molecular weight is 196 g/mol. The van der Waals surface area contributed by atoms with Gasteiger partial charge >= 0.3 is 5.97 Å². The van der Waals surface area contributed by atoms with Gasteiger partial charge in [-0.25, -0.2) is 0 Å². The van der Waals surface area contributed by atoms with Gasteiger partial charge in [-0.2, -0.15) is 0 Å². The molecule has 0 unspecified atom stereocenters. The highest BCUT2D eigenvalue weighted by Gasteiger charge is 2.29. The number of piperidine rings is 1. The van der Waals surface area contributed by atoms with Gasteiger partial charge in [0.15, 0.2) is 0 Å². The molecule has 0 spiro atoms. The predicted octanol–water partition coefficient (Wildman–Crippen LogP) is -0.306. The fraction of sp³-hybridized carbons (Fsp3) is 0.857. The molecule has 5 heteroatoms. The molecule has 2 N–H and O–H groups in total. The Morgan fingerprint density at radius 2 is 2.33 bits per heavy atom. The summed E-state index contributed by atoms with van der Waals surface area (Å²) in [6, 6.07) is -0.520. The van der Waals surface area contributed by atoms with Crippen LogP contribution >= 0.6 is 12.4 Å². The Balaban J connectivity index is 0.00000121. The summed E-state index contributed by atoms with van der Waals surface area (Å²) in [5.74, 6) is -0.378. The molecule has 1 rings (SSSR count). The highest BCUT2D eigenvalue weighted by Crippen LogP contribution is 2.08. The first-order valence-corrected chi connectivity index (χ1v) is 3.75. The fourth-order valence-corrected chi connectivity index (χ4v) is 1.24. The Morgan fingerprint density at radius 1 is 1.67 bits per heavy atom. The van der Waals surface area contributed by atoms with Crippen molar-refractivity contribution in [2.45, 2.75) is 25.0 Å². The third kappa shape index (κ3) is 2.62. The zero-order chi connectivity index (χ0) is 8.27. The molecule has 1 heterocycles. The molecule has 0 radical (unpaired) electrons. The van der Waals surface area contributed by atoms with Crippen molar-refractivity contribution in [2.75, 3.05) is 13.7 Å². The second-order valence-electron chi connectivity index (χ2n) is 2.66. The summed E-state index contributed by atoms with van der Waals surface area (Å²) in [6.45, 7) is 0.775. The van der Waals surface area contributed by atoms with Gasteiger partial charge in [0.2, 0.25) is 0 Å². The number of carbonyl (C=O) groups is 1. The Morgan fingerprint density at radius 3 is 2.83 bits per heavy atom. The van der Waals surface area contributed by atoms with Crippen LogP contribution in [0.2, 0.25) is 0 Å². The molecule has 1 fully saturated rings. The molecule has 72 valence electrons. The van der Waals surface area contributed by atoms with E-state index in [9.17, 15) is 9.90 Å². The SMILES string of the molecule is COC(=O)[C@@H]1NCCC[C@@H]1O.Cl. The van der Waals surface area contributed by atoms with Crippen LogP contribution in [-0.2, 0) is 9.53 Å². The van der Waals surface area contributed by atoms with Gasteiger partial charge in [-0.15, -0.1) is 12.4 Å². The molecule has 1 aliphatic heterocycles. The van der Waals surface area contributed by atoms with Crippen LogP contribution in [0.25, 0.3) is 0 Å². The van der Waals surface area contributed by atoms with Crippen molar-refractivity contribution in [1.29, 1.82) is 0 Å². The zero-order valence-corrected chi connectivity index (χ0v) is 7.76. The van der Waals surface area contributed by atoms with Crippen molar-refractivity contribution in [3.63, 3.8) is 0 Å². The number of esters is 1. The summed E-state index contributed by atoms with van der Waals surface area (Å²) in [5, 5.41) is 12.2. The topological polar surface area (TPSA) is 58.6 Å². The van der Waals surface area contributed by atoms with Gasteiger partial charge < -0.3 is 15.2 Å². The van der Waals surface area contributed by atoms with E-state index in [1.165, 1.54) is 7.11 Å². The highest BCUT2D eigenvalue weighted by molar-refractivity contribution is 5.85. The molecule has 0 aromatic carbocycles. The number of methoxy groups -OCH3 is 1. The number of rotatable bonds is 1. The van der Waals surface area contributed by atoms with Gasteiger partial charge in [0.05, 0.1) is 13.2 Å². The minimum absolute atomic E-state index is 0. The number of carbonyl (C=O) groups excluding carboxylic acids is 1. The minimum Gasteiger partial charge on any atom is -0.468 e. The van der Waals surface area contributed by atoms with Crippen molar-refractivity contribution < 1.29 is 14.6 Å². The molecule has 2 atom stereocenters. The largest absolute Gasteiger partial charge is 0.468 e. The number of hydrogen-bond acceptors (Lipinski definition) is 4. The molecular formula is C7H14ClNO3. The molecule has 0 saturated carbocycles. The lowest BCUT2D eigenvalue weighted by atomic mass is 10.0. The van der Waals surface area contributed by atoms with Crippen LogP contribution in [0, 0.1) is 0 Å². The molecule has 4 nitrogen and oxygen atoms in total. The minimum atomic E-state index is -0.587. The maximum atomic E-state index is 10.9. The lowest BCUT2D eigenvalue weighted by molar-refractivity contribution is -0.147. The van der Waals surface area contributed by atoms with Crippen LogP contribution < -0.4 is 5.32 Å². The number of nitrogens with one attached hydrogen (secondary N) is 1. The molecule has 1 saturated heterocycles. The molecule has 0 aliphatic carbocycles. The zero-order valence-electron chi connectivity index (χ0n) is 6.95. The van der Waals surface area contributed by atoms with Crippen molar-refractivity contribution in [2.24, 2.45) is 0 Å². The van der Waals surface area contributed by atoms with Crippen LogP contribution in [-0.4, -0.2) is 36.9 Å². The van der Waals surface area contributed by atoms with Gasteiger partial charge in [0, 0.05) is 0 Å². The average Bonchev–Trinajstić information content (AvgIpc) is 2.04. The van der Waals surface area contributed by atoms with Gasteiger partial charge in [-0.05, 0) is 19.4 Å². The highest BCUT2D eigenvalue weighted by atomic mass is 35.5. The molecule has 1 aliphatic rings. The maximum absolute atomic E-state index is 10.9. The summed E-state index contributed by atoms with van der Waals surface area (Å²) >= 11 is 0. The smallest absolute Gasteiger partial charge is 0.325 e. The van der Waals surface area contributed by atoms with Crippen LogP contribution in [0.15, 0.2) is 0 Å². The van der Waals surface area contributed by atoms with E-state index >= 15 is 0 Å². The van der Waals surface area contributed by atoms with Crippen molar-refractivity contribution in [3.05, 3.63) is 0 Å².